The Labute approximate surface area is 97.6 Å². The summed E-state index contributed by atoms with van der Waals surface area (Å²) in [7, 11) is 1.70. The van der Waals surface area contributed by atoms with Crippen molar-refractivity contribution in [3.8, 4) is 0 Å². The fourth-order valence-electron chi connectivity index (χ4n) is 2.06. The van der Waals surface area contributed by atoms with Crippen LogP contribution in [0.1, 0.15) is 33.1 Å². The third kappa shape index (κ3) is 3.76. The van der Waals surface area contributed by atoms with Gasteiger partial charge in [-0.3, -0.25) is 4.79 Å². The van der Waals surface area contributed by atoms with Crippen LogP contribution in [0, 0.1) is 5.92 Å². The van der Waals surface area contributed by atoms with Crippen LogP contribution in [0.15, 0.2) is 0 Å². The van der Waals surface area contributed by atoms with Crippen molar-refractivity contribution >= 4 is 5.91 Å². The number of methoxy groups -OCH3 is 1. The number of carbonyl (C=O) groups is 1. The van der Waals surface area contributed by atoms with Gasteiger partial charge in [0.2, 0.25) is 5.91 Å². The summed E-state index contributed by atoms with van der Waals surface area (Å²) in [6, 6.07) is 0. The van der Waals surface area contributed by atoms with Gasteiger partial charge in [-0.2, -0.15) is 0 Å². The van der Waals surface area contributed by atoms with Gasteiger partial charge in [0.15, 0.2) is 0 Å². The molecule has 0 bridgehead atoms. The summed E-state index contributed by atoms with van der Waals surface area (Å²) in [4.78, 5) is 13.7. The van der Waals surface area contributed by atoms with Crippen LogP contribution in [0.3, 0.4) is 0 Å². The van der Waals surface area contributed by atoms with E-state index >= 15 is 0 Å². The lowest BCUT2D eigenvalue weighted by Crippen LogP contribution is -2.46. The Bertz CT molecular complexity index is 230. The predicted molar refractivity (Wildman–Crippen MR) is 62.1 cm³/mol. The fourth-order valence-corrected chi connectivity index (χ4v) is 2.06. The minimum Gasteiger partial charge on any atom is -0.393 e. The SMILES string of the molecule is COC1CN(C(=O)CCC(C)O)CCC1C. The molecule has 1 saturated heterocycles. The lowest BCUT2D eigenvalue weighted by molar-refractivity contribution is -0.136. The van der Waals surface area contributed by atoms with Crippen LogP contribution in [-0.2, 0) is 9.53 Å². The molecule has 1 aliphatic heterocycles. The van der Waals surface area contributed by atoms with E-state index in [2.05, 4.69) is 6.92 Å². The Morgan fingerprint density at radius 3 is 2.88 bits per heavy atom. The van der Waals surface area contributed by atoms with Gasteiger partial charge in [0.05, 0.1) is 12.2 Å². The Balaban J connectivity index is 2.39. The molecule has 4 nitrogen and oxygen atoms in total. The summed E-state index contributed by atoms with van der Waals surface area (Å²) in [6.07, 6.45) is 1.74. The van der Waals surface area contributed by atoms with E-state index in [1.165, 1.54) is 0 Å². The van der Waals surface area contributed by atoms with Crippen molar-refractivity contribution in [2.45, 2.75) is 45.3 Å². The van der Waals surface area contributed by atoms with E-state index < -0.39 is 6.10 Å². The van der Waals surface area contributed by atoms with E-state index in [0.29, 0.717) is 25.3 Å². The molecule has 0 saturated carbocycles. The highest BCUT2D eigenvalue weighted by Gasteiger charge is 2.28. The summed E-state index contributed by atoms with van der Waals surface area (Å²) >= 11 is 0. The summed E-state index contributed by atoms with van der Waals surface area (Å²) < 4.78 is 5.37. The highest BCUT2D eigenvalue weighted by Crippen LogP contribution is 2.20. The molecule has 3 unspecified atom stereocenters. The molecule has 0 aromatic rings. The zero-order chi connectivity index (χ0) is 12.1. The number of aliphatic hydroxyl groups excluding tert-OH is 1. The Kier molecular flexibility index (Phi) is 5.22. The number of rotatable bonds is 4. The first kappa shape index (κ1) is 13.5. The lowest BCUT2D eigenvalue weighted by atomic mass is 9.95. The molecule has 0 aromatic heterocycles. The van der Waals surface area contributed by atoms with Gasteiger partial charge in [-0.15, -0.1) is 0 Å². The number of hydrogen-bond donors (Lipinski definition) is 1. The van der Waals surface area contributed by atoms with E-state index in [1.54, 1.807) is 14.0 Å². The van der Waals surface area contributed by atoms with Gasteiger partial charge in [-0.25, -0.2) is 0 Å². The second kappa shape index (κ2) is 6.21. The minimum atomic E-state index is -0.397. The average molecular weight is 229 g/mol. The van der Waals surface area contributed by atoms with Crippen molar-refractivity contribution in [1.29, 1.82) is 0 Å². The molecule has 16 heavy (non-hydrogen) atoms. The first-order chi connectivity index (χ1) is 7.54. The summed E-state index contributed by atoms with van der Waals surface area (Å²) in [5.41, 5.74) is 0. The molecule has 4 heteroatoms. The zero-order valence-corrected chi connectivity index (χ0v) is 10.5. The van der Waals surface area contributed by atoms with Gasteiger partial charge in [0, 0.05) is 26.6 Å². The molecule has 1 fully saturated rings. The number of likely N-dealkylation sites (tertiary alicyclic amines) is 1. The largest absolute Gasteiger partial charge is 0.393 e. The number of aliphatic hydroxyl groups is 1. The normalized spacial score (nSPS) is 27.9. The van der Waals surface area contributed by atoms with Crippen LogP contribution < -0.4 is 0 Å². The number of carbonyl (C=O) groups excluding carboxylic acids is 1. The molecular weight excluding hydrogens is 206 g/mol. The predicted octanol–water partition coefficient (Wildman–Crippen LogP) is 1.03. The van der Waals surface area contributed by atoms with Crippen LogP contribution in [0.4, 0.5) is 0 Å². The van der Waals surface area contributed by atoms with Crippen molar-refractivity contribution in [3.05, 3.63) is 0 Å². The molecule has 1 N–H and O–H groups in total. The Morgan fingerprint density at radius 2 is 2.31 bits per heavy atom. The molecule has 1 rings (SSSR count). The highest BCUT2D eigenvalue weighted by molar-refractivity contribution is 5.76. The smallest absolute Gasteiger partial charge is 0.222 e. The standard InChI is InChI=1S/C12H23NO3/c1-9-6-7-13(8-11(9)16-3)12(15)5-4-10(2)14/h9-11,14H,4-8H2,1-3H3. The van der Waals surface area contributed by atoms with Crippen LogP contribution >= 0.6 is 0 Å². The van der Waals surface area contributed by atoms with Crippen molar-refractivity contribution in [1.82, 2.24) is 4.90 Å². The summed E-state index contributed by atoms with van der Waals surface area (Å²) in [6.45, 7) is 5.38. The molecule has 0 aromatic carbocycles. The van der Waals surface area contributed by atoms with Crippen molar-refractivity contribution in [3.63, 3.8) is 0 Å². The van der Waals surface area contributed by atoms with E-state index in [1.807, 2.05) is 4.90 Å². The molecule has 0 aliphatic carbocycles. The van der Waals surface area contributed by atoms with Gasteiger partial charge in [-0.05, 0) is 25.7 Å². The quantitative estimate of drug-likeness (QED) is 0.783. The average Bonchev–Trinajstić information content (AvgIpc) is 2.26. The highest BCUT2D eigenvalue weighted by atomic mass is 16.5. The number of nitrogens with zero attached hydrogens (tertiary/aromatic N) is 1. The fraction of sp³-hybridized carbons (Fsp3) is 0.917. The molecular formula is C12H23NO3. The van der Waals surface area contributed by atoms with Crippen LogP contribution in [0.25, 0.3) is 0 Å². The Hall–Kier alpha value is -0.610. The van der Waals surface area contributed by atoms with E-state index in [-0.39, 0.29) is 12.0 Å². The number of hydrogen-bond acceptors (Lipinski definition) is 3. The maximum Gasteiger partial charge on any atom is 0.222 e. The van der Waals surface area contributed by atoms with Gasteiger partial charge in [0.25, 0.3) is 0 Å². The molecule has 0 radical (unpaired) electrons. The summed E-state index contributed by atoms with van der Waals surface area (Å²) in [5, 5.41) is 9.14. The Morgan fingerprint density at radius 1 is 1.62 bits per heavy atom. The minimum absolute atomic E-state index is 0.134. The lowest BCUT2D eigenvalue weighted by Gasteiger charge is -2.36. The molecule has 3 atom stereocenters. The van der Waals surface area contributed by atoms with E-state index in [4.69, 9.17) is 9.84 Å². The second-order valence-corrected chi connectivity index (χ2v) is 4.77. The topological polar surface area (TPSA) is 49.8 Å². The van der Waals surface area contributed by atoms with Crippen molar-refractivity contribution in [2.24, 2.45) is 5.92 Å². The van der Waals surface area contributed by atoms with Crippen LogP contribution in [0.5, 0.6) is 0 Å². The van der Waals surface area contributed by atoms with Gasteiger partial charge in [0.1, 0.15) is 0 Å². The number of ether oxygens (including phenoxy) is 1. The van der Waals surface area contributed by atoms with Crippen LogP contribution in [-0.4, -0.2) is 48.3 Å². The van der Waals surface area contributed by atoms with Crippen LogP contribution in [0.2, 0.25) is 0 Å². The first-order valence-corrected chi connectivity index (χ1v) is 6.03. The van der Waals surface area contributed by atoms with Gasteiger partial charge >= 0.3 is 0 Å². The molecule has 94 valence electrons. The number of amides is 1. The van der Waals surface area contributed by atoms with E-state index in [9.17, 15) is 4.79 Å². The van der Waals surface area contributed by atoms with Crippen molar-refractivity contribution < 1.29 is 14.6 Å². The van der Waals surface area contributed by atoms with Gasteiger partial charge in [-0.1, -0.05) is 6.92 Å². The maximum atomic E-state index is 11.8. The molecule has 0 spiro atoms. The monoisotopic (exact) mass is 229 g/mol. The van der Waals surface area contributed by atoms with Crippen molar-refractivity contribution in [2.75, 3.05) is 20.2 Å². The zero-order valence-electron chi connectivity index (χ0n) is 10.5. The first-order valence-electron chi connectivity index (χ1n) is 6.03. The molecule has 1 aliphatic rings. The molecule has 1 amide bonds. The maximum absolute atomic E-state index is 11.8. The summed E-state index contributed by atoms with van der Waals surface area (Å²) in [5.74, 6) is 0.653. The number of piperidine rings is 1. The third-order valence-corrected chi connectivity index (χ3v) is 3.32. The van der Waals surface area contributed by atoms with Gasteiger partial charge < -0.3 is 14.7 Å². The second-order valence-electron chi connectivity index (χ2n) is 4.77. The third-order valence-electron chi connectivity index (χ3n) is 3.32. The van der Waals surface area contributed by atoms with E-state index in [0.717, 1.165) is 13.0 Å². The molecule has 1 heterocycles.